The number of ether oxygens (including phenoxy) is 2. The summed E-state index contributed by atoms with van der Waals surface area (Å²) >= 11 is 0. The fourth-order valence-electron chi connectivity index (χ4n) is 3.20. The van der Waals surface area contributed by atoms with E-state index in [-0.39, 0.29) is 18.1 Å². The molecule has 2 atom stereocenters. The third-order valence-corrected chi connectivity index (χ3v) is 4.63. The van der Waals surface area contributed by atoms with Gasteiger partial charge in [-0.2, -0.15) is 5.26 Å². The molecule has 1 N–H and O–H groups in total. The van der Waals surface area contributed by atoms with Crippen molar-refractivity contribution in [3.8, 4) is 11.8 Å². The maximum Gasteiger partial charge on any atom is 0.253 e. The van der Waals surface area contributed by atoms with Gasteiger partial charge in [0, 0.05) is 19.0 Å². The molecule has 7 nitrogen and oxygen atoms in total. The van der Waals surface area contributed by atoms with Crippen LogP contribution in [0.4, 0.5) is 0 Å². The zero-order chi connectivity index (χ0) is 19.3. The lowest BCUT2D eigenvalue weighted by Crippen LogP contribution is -2.51. The second kappa shape index (κ2) is 8.03. The van der Waals surface area contributed by atoms with Crippen LogP contribution in [-0.2, 0) is 4.74 Å². The first-order valence-electron chi connectivity index (χ1n) is 9.00. The molecule has 1 saturated heterocycles. The van der Waals surface area contributed by atoms with E-state index in [4.69, 9.17) is 14.7 Å². The molecule has 1 aliphatic heterocycles. The van der Waals surface area contributed by atoms with Crippen molar-refractivity contribution in [1.82, 2.24) is 15.3 Å². The molecule has 4 rings (SSSR count). The monoisotopic (exact) mass is 374 g/mol. The zero-order valence-corrected chi connectivity index (χ0v) is 15.0. The largest absolute Gasteiger partial charge is 0.486 e. The van der Waals surface area contributed by atoms with E-state index in [1.54, 1.807) is 48.8 Å². The van der Waals surface area contributed by atoms with Gasteiger partial charge in [-0.3, -0.25) is 14.8 Å². The van der Waals surface area contributed by atoms with E-state index in [2.05, 4.69) is 21.4 Å². The highest BCUT2D eigenvalue weighted by molar-refractivity contribution is 6.04. The van der Waals surface area contributed by atoms with Gasteiger partial charge in [-0.15, -0.1) is 0 Å². The Balaban J connectivity index is 1.51. The molecule has 1 fully saturated rings. The molecule has 0 bridgehead atoms. The second-order valence-corrected chi connectivity index (χ2v) is 6.47. The Morgan fingerprint density at radius 3 is 2.82 bits per heavy atom. The van der Waals surface area contributed by atoms with Gasteiger partial charge in [0.15, 0.2) is 0 Å². The number of nitriles is 1. The third kappa shape index (κ3) is 3.77. The van der Waals surface area contributed by atoms with Gasteiger partial charge in [0.2, 0.25) is 0 Å². The summed E-state index contributed by atoms with van der Waals surface area (Å²) in [7, 11) is 0. The van der Waals surface area contributed by atoms with Crippen LogP contribution in [-0.4, -0.2) is 41.2 Å². The third-order valence-electron chi connectivity index (χ3n) is 4.63. The Morgan fingerprint density at radius 2 is 2.00 bits per heavy atom. The van der Waals surface area contributed by atoms with Crippen LogP contribution in [0.15, 0.2) is 54.9 Å². The molecule has 1 amide bonds. The Morgan fingerprint density at radius 1 is 1.18 bits per heavy atom. The quantitative estimate of drug-likeness (QED) is 0.753. The Kier molecular flexibility index (Phi) is 5.13. The van der Waals surface area contributed by atoms with Crippen molar-refractivity contribution in [3.05, 3.63) is 66.0 Å². The lowest BCUT2D eigenvalue weighted by atomic mass is 10.0. The van der Waals surface area contributed by atoms with E-state index in [9.17, 15) is 4.79 Å². The van der Waals surface area contributed by atoms with Crippen molar-refractivity contribution in [1.29, 1.82) is 5.26 Å². The topological polar surface area (TPSA) is 97.1 Å². The predicted octanol–water partition coefficient (Wildman–Crippen LogP) is 2.47. The lowest BCUT2D eigenvalue weighted by molar-refractivity contribution is -0.0135. The van der Waals surface area contributed by atoms with Crippen molar-refractivity contribution in [2.45, 2.75) is 18.6 Å². The highest BCUT2D eigenvalue weighted by Gasteiger charge is 2.29. The molecule has 0 saturated carbocycles. The fourth-order valence-corrected chi connectivity index (χ4v) is 3.20. The minimum absolute atomic E-state index is 0.205. The Bertz CT molecular complexity index is 1020. The first-order valence-corrected chi connectivity index (χ1v) is 9.00. The van der Waals surface area contributed by atoms with Crippen LogP contribution >= 0.6 is 0 Å². The average Bonchev–Trinajstić information content (AvgIpc) is 2.75. The number of para-hydroxylation sites is 1. The molecule has 0 aliphatic carbocycles. The number of carbonyl (C=O) groups is 1. The van der Waals surface area contributed by atoms with Crippen LogP contribution < -0.4 is 10.1 Å². The number of amides is 1. The number of aromatic nitrogens is 2. The van der Waals surface area contributed by atoms with Crippen LogP contribution in [0.2, 0.25) is 0 Å². The van der Waals surface area contributed by atoms with Gasteiger partial charge < -0.3 is 14.8 Å². The summed E-state index contributed by atoms with van der Waals surface area (Å²) in [6.45, 7) is 0.924. The number of nitrogens with zero attached hydrogens (tertiary/aromatic N) is 3. The molecule has 1 aromatic heterocycles. The molecule has 3 aromatic rings. The number of rotatable bonds is 4. The molecule has 1 aliphatic rings. The molecule has 2 aromatic carbocycles. The molecule has 28 heavy (non-hydrogen) atoms. The first-order chi connectivity index (χ1) is 13.7. The number of nitrogens with one attached hydrogen (secondary N) is 1. The molecule has 0 spiro atoms. The smallest absolute Gasteiger partial charge is 0.253 e. The van der Waals surface area contributed by atoms with Crippen molar-refractivity contribution in [2.24, 2.45) is 0 Å². The summed E-state index contributed by atoms with van der Waals surface area (Å²) in [5, 5.41) is 12.0. The van der Waals surface area contributed by atoms with E-state index >= 15 is 0 Å². The fraction of sp³-hybridized carbons (Fsp3) is 0.238. The van der Waals surface area contributed by atoms with E-state index in [1.165, 1.54) is 0 Å². The zero-order valence-electron chi connectivity index (χ0n) is 15.0. The summed E-state index contributed by atoms with van der Waals surface area (Å²) in [6, 6.07) is 14.1. The summed E-state index contributed by atoms with van der Waals surface area (Å²) in [5.41, 5.74) is 2.29. The number of hydrogen-bond acceptors (Lipinski definition) is 6. The number of benzene rings is 2. The maximum atomic E-state index is 12.9. The predicted molar refractivity (Wildman–Crippen MR) is 102 cm³/mol. The van der Waals surface area contributed by atoms with Gasteiger partial charge in [0.1, 0.15) is 17.4 Å². The number of carbonyl (C=O) groups excluding carboxylic acids is 1. The maximum absolute atomic E-state index is 12.9. The van der Waals surface area contributed by atoms with E-state index in [0.29, 0.717) is 47.5 Å². The van der Waals surface area contributed by atoms with Crippen molar-refractivity contribution >= 4 is 16.9 Å². The van der Waals surface area contributed by atoms with Crippen molar-refractivity contribution < 1.29 is 14.3 Å². The molecule has 2 heterocycles. The van der Waals surface area contributed by atoms with E-state index in [1.807, 2.05) is 6.07 Å². The van der Waals surface area contributed by atoms with Crippen LogP contribution in [0, 0.1) is 11.3 Å². The van der Waals surface area contributed by atoms with Crippen molar-refractivity contribution in [3.63, 3.8) is 0 Å². The van der Waals surface area contributed by atoms with Gasteiger partial charge in [-0.05, 0) is 42.8 Å². The highest BCUT2D eigenvalue weighted by atomic mass is 16.5. The average molecular weight is 374 g/mol. The highest BCUT2D eigenvalue weighted by Crippen LogP contribution is 2.20. The van der Waals surface area contributed by atoms with Crippen LogP contribution in [0.1, 0.15) is 22.3 Å². The SMILES string of the molecule is N#Cc1ccc(O[C@@H]2COCC[C@H]2NC(=O)c2cccc3nccnc23)cc1. The molecular formula is C21H18N4O3. The van der Waals surface area contributed by atoms with Gasteiger partial charge in [-0.1, -0.05) is 6.07 Å². The number of fused-ring (bicyclic) bond motifs is 1. The van der Waals surface area contributed by atoms with Crippen LogP contribution in [0.25, 0.3) is 11.0 Å². The Hall–Kier alpha value is -3.50. The molecule has 140 valence electrons. The summed E-state index contributed by atoms with van der Waals surface area (Å²) < 4.78 is 11.6. The first kappa shape index (κ1) is 17.9. The standard InChI is InChI=1S/C21H18N4O3/c22-12-14-4-6-15(7-5-14)28-19-13-27-11-8-17(19)25-21(26)16-2-1-3-18-20(16)24-10-9-23-18/h1-7,9-10,17,19H,8,11,13H2,(H,25,26)/t17-,19-/m1/s1. The summed E-state index contributed by atoms with van der Waals surface area (Å²) in [5.74, 6) is 0.413. The molecule has 0 radical (unpaired) electrons. The van der Waals surface area contributed by atoms with E-state index < -0.39 is 0 Å². The molecule has 0 unspecified atom stereocenters. The second-order valence-electron chi connectivity index (χ2n) is 6.47. The minimum atomic E-state index is -0.327. The minimum Gasteiger partial charge on any atom is -0.486 e. The van der Waals surface area contributed by atoms with Crippen molar-refractivity contribution in [2.75, 3.05) is 13.2 Å². The van der Waals surface area contributed by atoms with Crippen LogP contribution in [0.5, 0.6) is 5.75 Å². The molecular weight excluding hydrogens is 356 g/mol. The summed E-state index contributed by atoms with van der Waals surface area (Å²) in [6.07, 6.45) is 3.49. The molecule has 7 heteroatoms. The van der Waals surface area contributed by atoms with Gasteiger partial charge in [-0.25, -0.2) is 0 Å². The van der Waals surface area contributed by atoms with Crippen LogP contribution in [0.3, 0.4) is 0 Å². The van der Waals surface area contributed by atoms with Gasteiger partial charge >= 0.3 is 0 Å². The Labute approximate surface area is 161 Å². The van der Waals surface area contributed by atoms with Gasteiger partial charge in [0.05, 0.1) is 35.4 Å². The van der Waals surface area contributed by atoms with Gasteiger partial charge in [0.25, 0.3) is 5.91 Å². The van der Waals surface area contributed by atoms with E-state index in [0.717, 1.165) is 0 Å². The number of hydrogen-bond donors (Lipinski definition) is 1. The normalized spacial score (nSPS) is 19.0. The lowest BCUT2D eigenvalue weighted by Gasteiger charge is -2.32. The summed E-state index contributed by atoms with van der Waals surface area (Å²) in [4.78, 5) is 21.4.